The van der Waals surface area contributed by atoms with Gasteiger partial charge in [0.25, 0.3) is 11.5 Å². The number of aryl methyl sites for hydroxylation is 1. The Morgan fingerprint density at radius 3 is 2.75 bits per heavy atom. The maximum atomic E-state index is 11.9. The summed E-state index contributed by atoms with van der Waals surface area (Å²) < 4.78 is 1.28. The SMILES string of the molecule is CCCn1nc(C(=O)NCC(O)C(C)CC)ccc1=O. The van der Waals surface area contributed by atoms with Crippen molar-refractivity contribution in [3.05, 3.63) is 28.2 Å². The maximum Gasteiger partial charge on any atom is 0.271 e. The molecule has 0 aromatic carbocycles. The summed E-state index contributed by atoms with van der Waals surface area (Å²) in [6, 6.07) is 2.74. The van der Waals surface area contributed by atoms with E-state index in [2.05, 4.69) is 10.4 Å². The number of nitrogens with one attached hydrogen (secondary N) is 1. The Labute approximate surface area is 118 Å². The van der Waals surface area contributed by atoms with Crippen LogP contribution >= 0.6 is 0 Å². The molecule has 1 aromatic heterocycles. The Hall–Kier alpha value is -1.69. The van der Waals surface area contributed by atoms with Crippen molar-refractivity contribution in [2.75, 3.05) is 6.54 Å². The number of aliphatic hydroxyl groups excluding tert-OH is 1. The summed E-state index contributed by atoms with van der Waals surface area (Å²) in [6.45, 7) is 6.51. The summed E-state index contributed by atoms with van der Waals surface area (Å²) in [7, 11) is 0. The number of aromatic nitrogens is 2. The Morgan fingerprint density at radius 2 is 2.15 bits per heavy atom. The molecule has 0 saturated heterocycles. The van der Waals surface area contributed by atoms with Crippen LogP contribution in [0.5, 0.6) is 0 Å². The number of nitrogens with zero attached hydrogens (tertiary/aromatic N) is 2. The number of amides is 1. The summed E-state index contributed by atoms with van der Waals surface area (Å²) >= 11 is 0. The van der Waals surface area contributed by atoms with Crippen molar-refractivity contribution in [1.82, 2.24) is 15.1 Å². The molecule has 0 aliphatic heterocycles. The van der Waals surface area contributed by atoms with Crippen LogP contribution in [0, 0.1) is 5.92 Å². The van der Waals surface area contributed by atoms with Crippen molar-refractivity contribution >= 4 is 5.91 Å². The van der Waals surface area contributed by atoms with Crippen molar-refractivity contribution in [2.45, 2.75) is 46.3 Å². The normalized spacial score (nSPS) is 13.8. The molecule has 1 heterocycles. The Balaban J connectivity index is 2.68. The molecule has 1 aromatic rings. The molecule has 0 aliphatic rings. The largest absolute Gasteiger partial charge is 0.391 e. The fourth-order valence-corrected chi connectivity index (χ4v) is 1.70. The lowest BCUT2D eigenvalue weighted by Gasteiger charge is -2.17. The van der Waals surface area contributed by atoms with Gasteiger partial charge in [-0.2, -0.15) is 5.10 Å². The molecule has 0 bridgehead atoms. The van der Waals surface area contributed by atoms with Gasteiger partial charge in [-0.25, -0.2) is 4.68 Å². The lowest BCUT2D eigenvalue weighted by molar-refractivity contribution is 0.0844. The van der Waals surface area contributed by atoms with Gasteiger partial charge in [0.05, 0.1) is 6.10 Å². The number of aliphatic hydroxyl groups is 1. The fourth-order valence-electron chi connectivity index (χ4n) is 1.70. The minimum atomic E-state index is -0.578. The van der Waals surface area contributed by atoms with Gasteiger partial charge < -0.3 is 10.4 Å². The fraction of sp³-hybridized carbons (Fsp3) is 0.643. The molecular formula is C14H23N3O3. The van der Waals surface area contributed by atoms with Gasteiger partial charge >= 0.3 is 0 Å². The zero-order valence-corrected chi connectivity index (χ0v) is 12.3. The van der Waals surface area contributed by atoms with Crippen molar-refractivity contribution < 1.29 is 9.90 Å². The summed E-state index contributed by atoms with van der Waals surface area (Å²) in [5, 5.41) is 16.5. The molecule has 2 atom stereocenters. The van der Waals surface area contributed by atoms with E-state index in [1.54, 1.807) is 0 Å². The van der Waals surface area contributed by atoms with Gasteiger partial charge in [0.15, 0.2) is 0 Å². The third-order valence-corrected chi connectivity index (χ3v) is 3.31. The number of rotatable bonds is 7. The maximum absolute atomic E-state index is 11.9. The Bertz CT molecular complexity index is 499. The minimum absolute atomic E-state index is 0.123. The molecule has 1 rings (SSSR count). The third kappa shape index (κ3) is 4.45. The Kier molecular flexibility index (Phi) is 6.38. The van der Waals surface area contributed by atoms with Crippen LogP contribution in [-0.2, 0) is 6.54 Å². The smallest absolute Gasteiger partial charge is 0.271 e. The monoisotopic (exact) mass is 281 g/mol. The van der Waals surface area contributed by atoms with Crippen LogP contribution in [0.3, 0.4) is 0 Å². The van der Waals surface area contributed by atoms with Crippen molar-refractivity contribution in [3.63, 3.8) is 0 Å². The van der Waals surface area contributed by atoms with Crippen LogP contribution in [-0.4, -0.2) is 33.4 Å². The molecular weight excluding hydrogens is 258 g/mol. The topological polar surface area (TPSA) is 84.2 Å². The molecule has 6 heteroatoms. The van der Waals surface area contributed by atoms with Gasteiger partial charge in [-0.15, -0.1) is 0 Å². The number of carbonyl (C=O) groups is 1. The molecule has 0 fully saturated rings. The summed E-state index contributed by atoms with van der Waals surface area (Å²) in [4.78, 5) is 23.4. The first-order chi connectivity index (χ1) is 9.49. The quantitative estimate of drug-likeness (QED) is 0.774. The second kappa shape index (κ2) is 7.79. The van der Waals surface area contributed by atoms with E-state index in [1.807, 2.05) is 20.8 Å². The molecule has 1 amide bonds. The third-order valence-electron chi connectivity index (χ3n) is 3.31. The summed E-state index contributed by atoms with van der Waals surface area (Å²) in [5.74, 6) is -0.255. The second-order valence-corrected chi connectivity index (χ2v) is 4.94. The lowest BCUT2D eigenvalue weighted by Crippen LogP contribution is -2.36. The van der Waals surface area contributed by atoms with Crippen molar-refractivity contribution in [1.29, 1.82) is 0 Å². The molecule has 0 aliphatic carbocycles. The highest BCUT2D eigenvalue weighted by atomic mass is 16.3. The van der Waals surface area contributed by atoms with E-state index in [0.29, 0.717) is 6.54 Å². The zero-order valence-electron chi connectivity index (χ0n) is 12.3. The van der Waals surface area contributed by atoms with Crippen LogP contribution in [0.15, 0.2) is 16.9 Å². The van der Waals surface area contributed by atoms with E-state index in [1.165, 1.54) is 16.8 Å². The Morgan fingerprint density at radius 1 is 1.45 bits per heavy atom. The molecule has 2 unspecified atom stereocenters. The van der Waals surface area contributed by atoms with Gasteiger partial charge in [-0.05, 0) is 18.4 Å². The predicted octanol–water partition coefficient (Wildman–Crippen LogP) is 0.790. The van der Waals surface area contributed by atoms with Gasteiger partial charge in [0.2, 0.25) is 0 Å². The number of hydrogen-bond donors (Lipinski definition) is 2. The first-order valence-corrected chi connectivity index (χ1v) is 7.04. The molecule has 6 nitrogen and oxygen atoms in total. The van der Waals surface area contributed by atoms with Crippen molar-refractivity contribution in [2.24, 2.45) is 5.92 Å². The van der Waals surface area contributed by atoms with Crippen molar-refractivity contribution in [3.8, 4) is 0 Å². The van der Waals surface area contributed by atoms with E-state index in [0.717, 1.165) is 12.8 Å². The highest BCUT2D eigenvalue weighted by Crippen LogP contribution is 2.06. The molecule has 20 heavy (non-hydrogen) atoms. The second-order valence-electron chi connectivity index (χ2n) is 4.94. The van der Waals surface area contributed by atoms with Crippen LogP contribution in [0.1, 0.15) is 44.1 Å². The van der Waals surface area contributed by atoms with Crippen LogP contribution in [0.2, 0.25) is 0 Å². The molecule has 0 spiro atoms. The molecule has 0 radical (unpaired) electrons. The minimum Gasteiger partial charge on any atom is -0.391 e. The zero-order chi connectivity index (χ0) is 15.1. The summed E-state index contributed by atoms with van der Waals surface area (Å²) in [5.41, 5.74) is -0.0301. The average Bonchev–Trinajstić information content (AvgIpc) is 2.45. The number of carbonyl (C=O) groups excluding carboxylic acids is 1. The van der Waals surface area contributed by atoms with Gasteiger partial charge in [-0.1, -0.05) is 27.2 Å². The highest BCUT2D eigenvalue weighted by molar-refractivity contribution is 5.91. The standard InChI is InChI=1S/C14H23N3O3/c1-4-8-17-13(19)7-6-11(16-17)14(20)15-9-12(18)10(3)5-2/h6-7,10,12,18H,4-5,8-9H2,1-3H3,(H,15,20). The van der Waals surface area contributed by atoms with E-state index in [4.69, 9.17) is 0 Å². The van der Waals surface area contributed by atoms with Crippen LogP contribution in [0.4, 0.5) is 0 Å². The highest BCUT2D eigenvalue weighted by Gasteiger charge is 2.15. The van der Waals surface area contributed by atoms with E-state index < -0.39 is 6.10 Å². The van der Waals surface area contributed by atoms with Gasteiger partial charge in [0, 0.05) is 19.2 Å². The van der Waals surface area contributed by atoms with E-state index in [9.17, 15) is 14.7 Å². The first-order valence-electron chi connectivity index (χ1n) is 7.04. The lowest BCUT2D eigenvalue weighted by atomic mass is 10.0. The van der Waals surface area contributed by atoms with E-state index in [-0.39, 0.29) is 29.6 Å². The van der Waals surface area contributed by atoms with E-state index >= 15 is 0 Å². The van der Waals surface area contributed by atoms with Crippen LogP contribution < -0.4 is 10.9 Å². The summed E-state index contributed by atoms with van der Waals surface area (Å²) in [6.07, 6.45) is 1.03. The average molecular weight is 281 g/mol. The van der Waals surface area contributed by atoms with Gasteiger partial charge in [0.1, 0.15) is 5.69 Å². The molecule has 2 N–H and O–H groups in total. The molecule has 112 valence electrons. The first kappa shape index (κ1) is 16.4. The van der Waals surface area contributed by atoms with Gasteiger partial charge in [-0.3, -0.25) is 9.59 Å². The molecule has 0 saturated carbocycles. The van der Waals surface area contributed by atoms with Crippen LogP contribution in [0.25, 0.3) is 0 Å². The predicted molar refractivity (Wildman–Crippen MR) is 76.6 cm³/mol. The number of hydrogen-bond acceptors (Lipinski definition) is 4.